The van der Waals surface area contributed by atoms with Crippen LogP contribution >= 0.6 is 0 Å². The predicted molar refractivity (Wildman–Crippen MR) is 72.8 cm³/mol. The van der Waals surface area contributed by atoms with Crippen molar-refractivity contribution in [1.82, 2.24) is 14.9 Å². The second kappa shape index (κ2) is 5.56. The van der Waals surface area contributed by atoms with Gasteiger partial charge >= 0.3 is 0 Å². The highest BCUT2D eigenvalue weighted by Gasteiger charge is 2.42. The van der Waals surface area contributed by atoms with Crippen LogP contribution in [0.3, 0.4) is 0 Å². The number of hydrogen-bond acceptors (Lipinski definition) is 5. The number of hydrogen-bond donors (Lipinski definition) is 1. The van der Waals surface area contributed by atoms with Gasteiger partial charge in [0.2, 0.25) is 5.91 Å². The van der Waals surface area contributed by atoms with E-state index in [-0.39, 0.29) is 24.3 Å². The summed E-state index contributed by atoms with van der Waals surface area (Å²) < 4.78 is 0. The molecule has 6 nitrogen and oxygen atoms in total. The highest BCUT2D eigenvalue weighted by molar-refractivity contribution is 6.07. The molecule has 1 aromatic rings. The molecule has 0 radical (unpaired) electrons. The number of carbonyl (C=O) groups is 2. The normalized spacial score (nSPS) is 24.2. The van der Waals surface area contributed by atoms with Crippen LogP contribution in [-0.2, 0) is 9.59 Å². The second-order valence-electron chi connectivity index (χ2n) is 5.39. The fourth-order valence-corrected chi connectivity index (χ4v) is 3.04. The summed E-state index contributed by atoms with van der Waals surface area (Å²) in [6.45, 7) is 0. The van der Waals surface area contributed by atoms with Crippen molar-refractivity contribution in [3.63, 3.8) is 0 Å². The van der Waals surface area contributed by atoms with Gasteiger partial charge in [-0.25, -0.2) is 4.98 Å². The molecule has 1 aromatic heterocycles. The third kappa shape index (κ3) is 2.50. The quantitative estimate of drug-likeness (QED) is 0.842. The van der Waals surface area contributed by atoms with E-state index in [1.807, 2.05) is 0 Å². The summed E-state index contributed by atoms with van der Waals surface area (Å²) in [5, 5.41) is 3.00. The molecule has 0 bridgehead atoms. The van der Waals surface area contributed by atoms with Gasteiger partial charge in [-0.15, -0.1) is 0 Å². The molecule has 2 aliphatic rings. The van der Waals surface area contributed by atoms with E-state index in [1.165, 1.54) is 11.3 Å². The van der Waals surface area contributed by atoms with E-state index in [1.54, 1.807) is 18.6 Å². The Hall–Kier alpha value is -1.98. The lowest BCUT2D eigenvalue weighted by atomic mass is 9.94. The topological polar surface area (TPSA) is 75.2 Å². The van der Waals surface area contributed by atoms with Gasteiger partial charge in [0.05, 0.1) is 12.6 Å². The Bertz CT molecular complexity index is 499. The molecule has 1 unspecified atom stereocenters. The molecular weight excluding hydrogens is 256 g/mol. The lowest BCUT2D eigenvalue weighted by molar-refractivity contribution is -0.141. The molecule has 1 atom stereocenters. The van der Waals surface area contributed by atoms with Crippen LogP contribution in [0.2, 0.25) is 0 Å². The van der Waals surface area contributed by atoms with Crippen molar-refractivity contribution in [1.29, 1.82) is 0 Å². The number of aromatic nitrogens is 2. The first-order valence-corrected chi connectivity index (χ1v) is 7.14. The van der Waals surface area contributed by atoms with E-state index in [9.17, 15) is 9.59 Å². The fourth-order valence-electron chi connectivity index (χ4n) is 3.04. The molecule has 0 aromatic carbocycles. The van der Waals surface area contributed by atoms with E-state index >= 15 is 0 Å². The van der Waals surface area contributed by atoms with Crippen molar-refractivity contribution < 1.29 is 9.59 Å². The molecular formula is C14H18N4O2. The number of likely N-dealkylation sites (tertiary alicyclic amines) is 1. The first kappa shape index (κ1) is 13.0. The van der Waals surface area contributed by atoms with Crippen LogP contribution < -0.4 is 5.32 Å². The number of nitrogens with zero attached hydrogens (tertiary/aromatic N) is 3. The Labute approximate surface area is 117 Å². The first-order valence-electron chi connectivity index (χ1n) is 7.14. The maximum absolute atomic E-state index is 12.4. The number of carbonyl (C=O) groups excluding carboxylic acids is 2. The number of amides is 2. The number of nitrogens with one attached hydrogen (secondary N) is 1. The molecule has 1 aliphatic carbocycles. The monoisotopic (exact) mass is 274 g/mol. The van der Waals surface area contributed by atoms with Gasteiger partial charge in [-0.05, 0) is 12.8 Å². The zero-order chi connectivity index (χ0) is 13.9. The minimum absolute atomic E-state index is 0.0664. The zero-order valence-corrected chi connectivity index (χ0v) is 11.3. The summed E-state index contributed by atoms with van der Waals surface area (Å²) in [5.74, 6) is 0.347. The van der Waals surface area contributed by atoms with Gasteiger partial charge < -0.3 is 5.32 Å². The van der Waals surface area contributed by atoms with Crippen molar-refractivity contribution in [2.75, 3.05) is 5.32 Å². The molecule has 2 amide bonds. The van der Waals surface area contributed by atoms with Crippen LogP contribution in [-0.4, -0.2) is 38.8 Å². The molecule has 2 fully saturated rings. The molecule has 0 spiro atoms. The van der Waals surface area contributed by atoms with Crippen molar-refractivity contribution in [2.45, 2.75) is 50.6 Å². The summed E-state index contributed by atoms with van der Waals surface area (Å²) in [5.41, 5.74) is 0. The Kier molecular flexibility index (Phi) is 3.62. The summed E-state index contributed by atoms with van der Waals surface area (Å²) in [4.78, 5) is 34.0. The largest absolute Gasteiger partial charge is 0.357 e. The van der Waals surface area contributed by atoms with Gasteiger partial charge in [0, 0.05) is 18.4 Å². The van der Waals surface area contributed by atoms with Gasteiger partial charge in [-0.3, -0.25) is 19.5 Å². The summed E-state index contributed by atoms with van der Waals surface area (Å²) in [6, 6.07) is -0.404. The predicted octanol–water partition coefficient (Wildman–Crippen LogP) is 1.35. The van der Waals surface area contributed by atoms with Crippen molar-refractivity contribution in [2.24, 2.45) is 0 Å². The SMILES string of the molecule is O=C1CC(Nc2cnccn2)C(=O)N1C1CCCCC1. The molecule has 6 heteroatoms. The van der Waals surface area contributed by atoms with Crippen molar-refractivity contribution in [3.8, 4) is 0 Å². The third-order valence-electron chi connectivity index (χ3n) is 4.01. The van der Waals surface area contributed by atoms with E-state index in [0.717, 1.165) is 25.7 Å². The van der Waals surface area contributed by atoms with E-state index in [4.69, 9.17) is 0 Å². The maximum Gasteiger partial charge on any atom is 0.252 e. The first-order chi connectivity index (χ1) is 9.75. The van der Waals surface area contributed by atoms with Crippen LogP contribution in [0, 0.1) is 0 Å². The Balaban J connectivity index is 1.70. The highest BCUT2D eigenvalue weighted by Crippen LogP contribution is 2.28. The van der Waals surface area contributed by atoms with Crippen LogP contribution in [0.15, 0.2) is 18.6 Å². The molecule has 1 saturated carbocycles. The van der Waals surface area contributed by atoms with Crippen molar-refractivity contribution >= 4 is 17.6 Å². The summed E-state index contributed by atoms with van der Waals surface area (Å²) in [6.07, 6.45) is 10.2. The van der Waals surface area contributed by atoms with E-state index in [0.29, 0.717) is 5.82 Å². The van der Waals surface area contributed by atoms with Crippen LogP contribution in [0.25, 0.3) is 0 Å². The van der Waals surface area contributed by atoms with Gasteiger partial charge in [0.25, 0.3) is 5.91 Å². The highest BCUT2D eigenvalue weighted by atomic mass is 16.2. The summed E-state index contributed by atoms with van der Waals surface area (Å²) >= 11 is 0. The Morgan fingerprint density at radius 2 is 1.95 bits per heavy atom. The number of imide groups is 1. The average molecular weight is 274 g/mol. The van der Waals surface area contributed by atoms with E-state index < -0.39 is 6.04 Å². The van der Waals surface area contributed by atoms with Gasteiger partial charge in [-0.1, -0.05) is 19.3 Å². The van der Waals surface area contributed by atoms with Crippen LogP contribution in [0.4, 0.5) is 5.82 Å². The molecule has 106 valence electrons. The fraction of sp³-hybridized carbons (Fsp3) is 0.571. The molecule has 1 aliphatic heterocycles. The standard InChI is InChI=1S/C14H18N4O2/c19-13-8-11(17-12-9-15-6-7-16-12)14(20)18(13)10-4-2-1-3-5-10/h6-7,9-11H,1-5,8H2,(H,16,17). The van der Waals surface area contributed by atoms with E-state index in [2.05, 4.69) is 15.3 Å². The maximum atomic E-state index is 12.4. The van der Waals surface area contributed by atoms with Crippen molar-refractivity contribution in [3.05, 3.63) is 18.6 Å². The smallest absolute Gasteiger partial charge is 0.252 e. The Morgan fingerprint density at radius 1 is 1.15 bits per heavy atom. The minimum Gasteiger partial charge on any atom is -0.357 e. The number of anilines is 1. The molecule has 1 saturated heterocycles. The molecule has 1 N–H and O–H groups in total. The lowest BCUT2D eigenvalue weighted by Crippen LogP contribution is -2.43. The van der Waals surface area contributed by atoms with Crippen LogP contribution in [0.1, 0.15) is 38.5 Å². The number of rotatable bonds is 3. The average Bonchev–Trinajstić information content (AvgIpc) is 2.75. The molecule has 2 heterocycles. The van der Waals surface area contributed by atoms with Gasteiger partial charge in [-0.2, -0.15) is 0 Å². The zero-order valence-electron chi connectivity index (χ0n) is 11.3. The lowest BCUT2D eigenvalue weighted by Gasteiger charge is -2.29. The molecule has 20 heavy (non-hydrogen) atoms. The van der Waals surface area contributed by atoms with Crippen LogP contribution in [0.5, 0.6) is 0 Å². The second-order valence-corrected chi connectivity index (χ2v) is 5.39. The molecule has 3 rings (SSSR count). The third-order valence-corrected chi connectivity index (χ3v) is 4.01. The van der Waals surface area contributed by atoms with Gasteiger partial charge in [0.1, 0.15) is 11.9 Å². The van der Waals surface area contributed by atoms with Gasteiger partial charge in [0.15, 0.2) is 0 Å². The minimum atomic E-state index is -0.499. The Morgan fingerprint density at radius 3 is 2.65 bits per heavy atom. The summed E-state index contributed by atoms with van der Waals surface area (Å²) in [7, 11) is 0.